The topological polar surface area (TPSA) is 64.0 Å². The van der Waals surface area contributed by atoms with Crippen LogP contribution in [0.4, 0.5) is 19.1 Å². The van der Waals surface area contributed by atoms with Crippen molar-refractivity contribution < 1.29 is 17.9 Å². The molecule has 0 amide bonds. The van der Waals surface area contributed by atoms with Gasteiger partial charge in [0.25, 0.3) is 0 Å². The fourth-order valence-electron chi connectivity index (χ4n) is 2.96. The number of rotatable bonds is 5. The van der Waals surface area contributed by atoms with Gasteiger partial charge in [-0.15, -0.1) is 0 Å². The third-order valence-corrected chi connectivity index (χ3v) is 4.59. The van der Waals surface area contributed by atoms with Crippen molar-refractivity contribution in [3.05, 3.63) is 36.0 Å². The zero-order valence-corrected chi connectivity index (χ0v) is 14.0. The summed E-state index contributed by atoms with van der Waals surface area (Å²) in [7, 11) is 0. The second-order valence-corrected chi connectivity index (χ2v) is 6.71. The highest BCUT2D eigenvalue weighted by Crippen LogP contribution is 2.38. The Morgan fingerprint density at radius 3 is 2.58 bits per heavy atom. The summed E-state index contributed by atoms with van der Waals surface area (Å²) in [6.45, 7) is 1.83. The van der Waals surface area contributed by atoms with Crippen LogP contribution in [0.25, 0.3) is 0 Å². The van der Waals surface area contributed by atoms with Gasteiger partial charge in [0.05, 0.1) is 12.2 Å². The summed E-state index contributed by atoms with van der Waals surface area (Å²) in [5.41, 5.74) is -0.837. The van der Waals surface area contributed by atoms with Crippen LogP contribution in [0, 0.1) is 5.92 Å². The van der Waals surface area contributed by atoms with Crippen LogP contribution < -0.4 is 9.64 Å². The quantitative estimate of drug-likeness (QED) is 0.811. The van der Waals surface area contributed by atoms with E-state index in [0.717, 1.165) is 37.5 Å². The summed E-state index contributed by atoms with van der Waals surface area (Å²) < 4.78 is 43.5. The van der Waals surface area contributed by atoms with Crippen LogP contribution in [0.1, 0.15) is 36.6 Å². The molecule has 1 aliphatic carbocycles. The van der Waals surface area contributed by atoms with Crippen molar-refractivity contribution >= 4 is 5.95 Å². The molecule has 0 spiro atoms. The van der Waals surface area contributed by atoms with Crippen molar-refractivity contribution in [3.63, 3.8) is 0 Å². The van der Waals surface area contributed by atoms with E-state index in [-0.39, 0.29) is 5.92 Å². The molecule has 6 nitrogen and oxygen atoms in total. The van der Waals surface area contributed by atoms with Crippen LogP contribution in [-0.2, 0) is 6.18 Å². The van der Waals surface area contributed by atoms with E-state index in [1.54, 1.807) is 12.3 Å². The van der Waals surface area contributed by atoms with Gasteiger partial charge in [-0.25, -0.2) is 15.0 Å². The molecule has 0 bridgehead atoms. The molecule has 0 radical (unpaired) electrons. The highest BCUT2D eigenvalue weighted by atomic mass is 19.4. The summed E-state index contributed by atoms with van der Waals surface area (Å²) >= 11 is 0. The highest BCUT2D eigenvalue weighted by molar-refractivity contribution is 5.32. The summed E-state index contributed by atoms with van der Waals surface area (Å²) in [5.74, 6) is 2.45. The number of nitrogens with zero attached hydrogens (tertiary/aromatic N) is 5. The van der Waals surface area contributed by atoms with Crippen molar-refractivity contribution in [1.82, 2.24) is 19.9 Å². The molecule has 0 N–H and O–H groups in total. The zero-order valence-electron chi connectivity index (χ0n) is 14.0. The summed E-state index contributed by atoms with van der Waals surface area (Å²) in [6.07, 6.45) is 2.08. The lowest BCUT2D eigenvalue weighted by Gasteiger charge is -2.17. The Hall–Kier alpha value is -2.45. The van der Waals surface area contributed by atoms with Gasteiger partial charge in [-0.1, -0.05) is 0 Å². The first-order chi connectivity index (χ1) is 12.5. The molecule has 9 heteroatoms. The monoisotopic (exact) mass is 365 g/mol. The van der Waals surface area contributed by atoms with Crippen molar-refractivity contribution in [2.45, 2.75) is 31.4 Å². The Morgan fingerprint density at radius 2 is 1.88 bits per heavy atom. The third-order valence-electron chi connectivity index (χ3n) is 4.59. The first-order valence-electron chi connectivity index (χ1n) is 8.59. The van der Waals surface area contributed by atoms with Crippen LogP contribution in [0.3, 0.4) is 0 Å². The van der Waals surface area contributed by atoms with Crippen molar-refractivity contribution in [2.75, 3.05) is 24.6 Å². The number of hydrogen-bond donors (Lipinski definition) is 0. The lowest BCUT2D eigenvalue weighted by Crippen LogP contribution is -2.24. The zero-order chi connectivity index (χ0) is 18.1. The molecule has 1 unspecified atom stereocenters. The smallest absolute Gasteiger partial charge is 0.419 e. The van der Waals surface area contributed by atoms with E-state index in [0.29, 0.717) is 37.4 Å². The summed E-state index contributed by atoms with van der Waals surface area (Å²) in [5, 5.41) is 0. The molecule has 2 aromatic heterocycles. The Balaban J connectivity index is 1.31. The Bertz CT molecular complexity index is 764. The molecule has 1 atom stereocenters. The molecule has 0 aromatic carbocycles. The van der Waals surface area contributed by atoms with Crippen LogP contribution in [0.5, 0.6) is 5.88 Å². The summed E-state index contributed by atoms with van der Waals surface area (Å²) in [4.78, 5) is 18.3. The molecule has 3 heterocycles. The second-order valence-electron chi connectivity index (χ2n) is 6.71. The molecule has 4 rings (SSSR count). The van der Waals surface area contributed by atoms with Crippen molar-refractivity contribution in [2.24, 2.45) is 5.92 Å². The molecule has 138 valence electrons. The predicted molar refractivity (Wildman–Crippen MR) is 86.9 cm³/mol. The van der Waals surface area contributed by atoms with Crippen molar-refractivity contribution in [3.8, 4) is 5.88 Å². The van der Waals surface area contributed by atoms with Gasteiger partial charge in [-0.05, 0) is 19.3 Å². The van der Waals surface area contributed by atoms with Crippen molar-refractivity contribution in [1.29, 1.82) is 0 Å². The van der Waals surface area contributed by atoms with E-state index in [1.165, 1.54) is 0 Å². The predicted octanol–water partition coefficient (Wildman–Crippen LogP) is 3.07. The minimum atomic E-state index is -4.42. The molecule has 2 fully saturated rings. The number of alkyl halides is 3. The maximum Gasteiger partial charge on any atom is 0.419 e. The lowest BCUT2D eigenvalue weighted by atomic mass is 10.1. The van der Waals surface area contributed by atoms with Gasteiger partial charge in [-0.3, -0.25) is 0 Å². The number of anilines is 1. The standard InChI is InChI=1S/C17H18F3N5O/c18-17(19,20)13-7-22-16(23-8-13)25-6-4-11(9-25)10-26-14-3-5-21-15(24-14)12-1-2-12/h3,5,7-8,11-12H,1-2,4,6,9-10H2. The fourth-order valence-corrected chi connectivity index (χ4v) is 2.96. The van der Waals surface area contributed by atoms with E-state index >= 15 is 0 Å². The number of aromatic nitrogens is 4. The van der Waals surface area contributed by atoms with Gasteiger partial charge in [0.2, 0.25) is 11.8 Å². The average Bonchev–Trinajstić information content (AvgIpc) is 3.38. The largest absolute Gasteiger partial charge is 0.477 e. The third kappa shape index (κ3) is 3.86. The summed E-state index contributed by atoms with van der Waals surface area (Å²) in [6, 6.07) is 1.75. The van der Waals surface area contributed by atoms with E-state index in [9.17, 15) is 13.2 Å². The van der Waals surface area contributed by atoms with Gasteiger partial charge < -0.3 is 9.64 Å². The number of halogens is 3. The molecule has 2 aliphatic rings. The normalized spacial score (nSPS) is 20.4. The van der Waals surface area contributed by atoms with Crippen LogP contribution in [0.15, 0.2) is 24.7 Å². The lowest BCUT2D eigenvalue weighted by molar-refractivity contribution is -0.138. The minimum absolute atomic E-state index is 0.250. The minimum Gasteiger partial charge on any atom is -0.477 e. The van der Waals surface area contributed by atoms with E-state index < -0.39 is 11.7 Å². The molecular formula is C17H18F3N5O. The maximum atomic E-state index is 12.6. The first-order valence-corrected chi connectivity index (χ1v) is 8.59. The molecule has 26 heavy (non-hydrogen) atoms. The molecule has 2 aromatic rings. The molecule has 1 aliphatic heterocycles. The van der Waals surface area contributed by atoms with Crippen LogP contribution in [0.2, 0.25) is 0 Å². The maximum absolute atomic E-state index is 12.6. The highest BCUT2D eigenvalue weighted by Gasteiger charge is 2.32. The van der Waals surface area contributed by atoms with E-state index in [1.807, 2.05) is 4.90 Å². The van der Waals surface area contributed by atoms with Crippen LogP contribution >= 0.6 is 0 Å². The molecular weight excluding hydrogens is 347 g/mol. The Labute approximate surface area is 148 Å². The second kappa shape index (κ2) is 6.69. The van der Waals surface area contributed by atoms with Gasteiger partial charge in [0.15, 0.2) is 0 Å². The van der Waals surface area contributed by atoms with Crippen LogP contribution in [-0.4, -0.2) is 39.6 Å². The average molecular weight is 365 g/mol. The Kier molecular flexibility index (Phi) is 4.37. The van der Waals surface area contributed by atoms with Gasteiger partial charge >= 0.3 is 6.18 Å². The number of hydrogen-bond acceptors (Lipinski definition) is 6. The van der Waals surface area contributed by atoms with Gasteiger partial charge in [0, 0.05) is 49.6 Å². The SMILES string of the molecule is FC(F)(F)c1cnc(N2CCC(COc3ccnc(C4CC4)n3)C2)nc1. The van der Waals surface area contributed by atoms with E-state index in [2.05, 4.69) is 19.9 Å². The first kappa shape index (κ1) is 17.0. The van der Waals surface area contributed by atoms with E-state index in [4.69, 9.17) is 4.74 Å². The number of ether oxygens (including phenoxy) is 1. The molecule has 1 saturated carbocycles. The molecule has 1 saturated heterocycles. The fraction of sp³-hybridized carbons (Fsp3) is 0.529. The van der Waals surface area contributed by atoms with Gasteiger partial charge in [0.1, 0.15) is 5.82 Å². The Morgan fingerprint density at radius 1 is 1.12 bits per heavy atom. The van der Waals surface area contributed by atoms with Gasteiger partial charge in [-0.2, -0.15) is 18.2 Å².